The maximum atomic E-state index is 10.8. The molecule has 1 N–H and O–H groups in total. The van der Waals surface area contributed by atoms with E-state index in [4.69, 9.17) is 0 Å². The van der Waals surface area contributed by atoms with Gasteiger partial charge in [0.15, 0.2) is 0 Å². The van der Waals surface area contributed by atoms with Crippen LogP contribution in [0, 0.1) is 5.41 Å². The second-order valence-corrected chi connectivity index (χ2v) is 7.99. The van der Waals surface area contributed by atoms with E-state index in [1.165, 1.54) is 19.3 Å². The Morgan fingerprint density at radius 1 is 1.21 bits per heavy atom. The first-order valence-electron chi connectivity index (χ1n) is 6.88. The standard InChI is InChI=1S/C13H27NO3S.Na/c1-13(2,3)12(9-10-18(15,16)17)14-11-7-5-4-6-8-11;/h11-12,14H,4-10H2,1-3H3,(H,15,16,17);/q;+1/p-1. The first-order valence-corrected chi connectivity index (χ1v) is 8.46. The number of hydrogen-bond acceptors (Lipinski definition) is 4. The fourth-order valence-corrected chi connectivity index (χ4v) is 3.11. The third kappa shape index (κ3) is 8.68. The molecule has 0 amide bonds. The average Bonchev–Trinajstić information content (AvgIpc) is 2.22. The summed E-state index contributed by atoms with van der Waals surface area (Å²) in [7, 11) is -4.11. The summed E-state index contributed by atoms with van der Waals surface area (Å²) in [5, 5.41) is 3.57. The molecule has 0 aromatic heterocycles. The summed E-state index contributed by atoms with van der Waals surface area (Å²) < 4.78 is 32.3. The molecule has 1 unspecified atom stereocenters. The van der Waals surface area contributed by atoms with Gasteiger partial charge in [0, 0.05) is 17.8 Å². The zero-order chi connectivity index (χ0) is 13.8. The van der Waals surface area contributed by atoms with E-state index in [0.717, 1.165) is 12.8 Å². The van der Waals surface area contributed by atoms with Crippen molar-refractivity contribution < 1.29 is 42.5 Å². The van der Waals surface area contributed by atoms with E-state index in [9.17, 15) is 13.0 Å². The predicted molar refractivity (Wildman–Crippen MR) is 72.4 cm³/mol. The van der Waals surface area contributed by atoms with Crippen LogP contribution in [0.5, 0.6) is 0 Å². The molecule has 0 radical (unpaired) electrons. The maximum absolute atomic E-state index is 10.8. The van der Waals surface area contributed by atoms with E-state index in [1.54, 1.807) is 0 Å². The van der Waals surface area contributed by atoms with Gasteiger partial charge >= 0.3 is 29.6 Å². The molecular formula is C13H26NNaO3S. The maximum Gasteiger partial charge on any atom is 1.00 e. The van der Waals surface area contributed by atoms with E-state index < -0.39 is 10.1 Å². The zero-order valence-electron chi connectivity index (χ0n) is 12.7. The van der Waals surface area contributed by atoms with E-state index in [2.05, 4.69) is 26.1 Å². The van der Waals surface area contributed by atoms with Gasteiger partial charge in [0.05, 0.1) is 10.1 Å². The van der Waals surface area contributed by atoms with Crippen LogP contribution in [0.25, 0.3) is 0 Å². The van der Waals surface area contributed by atoms with E-state index >= 15 is 0 Å². The summed E-state index contributed by atoms with van der Waals surface area (Å²) in [6, 6.07) is 0.571. The molecule has 6 heteroatoms. The van der Waals surface area contributed by atoms with Crippen molar-refractivity contribution >= 4 is 10.1 Å². The van der Waals surface area contributed by atoms with Gasteiger partial charge in [-0.05, 0) is 24.7 Å². The minimum absolute atomic E-state index is 0. The Morgan fingerprint density at radius 2 is 1.74 bits per heavy atom. The smallest absolute Gasteiger partial charge is 0.748 e. The molecule has 4 nitrogen and oxygen atoms in total. The molecule has 1 rings (SSSR count). The molecular weight excluding hydrogens is 273 g/mol. The quantitative estimate of drug-likeness (QED) is 0.536. The third-order valence-corrected chi connectivity index (χ3v) is 4.48. The van der Waals surface area contributed by atoms with Crippen molar-refractivity contribution in [1.29, 1.82) is 0 Å². The van der Waals surface area contributed by atoms with Gasteiger partial charge < -0.3 is 9.87 Å². The van der Waals surface area contributed by atoms with Gasteiger partial charge in [-0.2, -0.15) is 0 Å². The van der Waals surface area contributed by atoms with Crippen LogP contribution in [0.1, 0.15) is 59.3 Å². The first-order chi connectivity index (χ1) is 8.18. The van der Waals surface area contributed by atoms with Crippen LogP contribution >= 0.6 is 0 Å². The van der Waals surface area contributed by atoms with Crippen LogP contribution in [0.15, 0.2) is 0 Å². The molecule has 1 atom stereocenters. The molecule has 0 aromatic rings. The Morgan fingerprint density at radius 3 is 2.16 bits per heavy atom. The molecule has 19 heavy (non-hydrogen) atoms. The van der Waals surface area contributed by atoms with Gasteiger partial charge in [-0.15, -0.1) is 0 Å². The molecule has 0 spiro atoms. The van der Waals surface area contributed by atoms with Crippen molar-refractivity contribution in [2.45, 2.75) is 71.4 Å². The molecule has 0 saturated heterocycles. The number of rotatable bonds is 5. The molecule has 0 aliphatic heterocycles. The minimum Gasteiger partial charge on any atom is -0.748 e. The summed E-state index contributed by atoms with van der Waals surface area (Å²) in [4.78, 5) is 0. The second-order valence-electron chi connectivity index (χ2n) is 6.47. The largest absolute Gasteiger partial charge is 1.00 e. The first kappa shape index (κ1) is 19.9. The topological polar surface area (TPSA) is 69.2 Å². The normalized spacial score (nSPS) is 19.8. The number of nitrogens with one attached hydrogen (secondary N) is 1. The minimum atomic E-state index is -4.11. The zero-order valence-corrected chi connectivity index (χ0v) is 15.6. The molecule has 0 bridgehead atoms. The second kappa shape index (κ2) is 8.35. The number of hydrogen-bond donors (Lipinski definition) is 1. The van der Waals surface area contributed by atoms with E-state index in [1.807, 2.05) is 0 Å². The fraction of sp³-hybridized carbons (Fsp3) is 1.00. The van der Waals surface area contributed by atoms with Crippen LogP contribution in [-0.2, 0) is 10.1 Å². The van der Waals surface area contributed by atoms with Crippen LogP contribution in [0.2, 0.25) is 0 Å². The third-order valence-electron chi connectivity index (χ3n) is 3.74. The Kier molecular flexibility index (Phi) is 8.73. The van der Waals surface area contributed by atoms with Crippen LogP contribution in [-0.4, -0.2) is 30.8 Å². The predicted octanol–water partition coefficient (Wildman–Crippen LogP) is -0.737. The Labute approximate surface area is 140 Å². The van der Waals surface area contributed by atoms with Crippen molar-refractivity contribution in [3.8, 4) is 0 Å². The Hall–Kier alpha value is 0.870. The summed E-state index contributed by atoms with van der Waals surface area (Å²) >= 11 is 0. The Balaban J connectivity index is 0.00000324. The summed E-state index contributed by atoms with van der Waals surface area (Å²) in [5.74, 6) is -0.269. The molecule has 0 aromatic carbocycles. The van der Waals surface area contributed by atoms with Gasteiger partial charge in [0.1, 0.15) is 0 Å². The van der Waals surface area contributed by atoms with Gasteiger partial charge in [0.25, 0.3) is 0 Å². The summed E-state index contributed by atoms with van der Waals surface area (Å²) in [6.07, 6.45) is 6.52. The molecule has 1 aliphatic rings. The summed E-state index contributed by atoms with van der Waals surface area (Å²) in [6.45, 7) is 6.26. The van der Waals surface area contributed by atoms with Gasteiger partial charge in [0.2, 0.25) is 0 Å². The molecule has 1 aliphatic carbocycles. The van der Waals surface area contributed by atoms with Crippen molar-refractivity contribution in [2.75, 3.05) is 5.75 Å². The fourth-order valence-electron chi connectivity index (χ4n) is 2.58. The van der Waals surface area contributed by atoms with Crippen molar-refractivity contribution in [3.05, 3.63) is 0 Å². The van der Waals surface area contributed by atoms with Crippen molar-refractivity contribution in [3.63, 3.8) is 0 Å². The van der Waals surface area contributed by atoms with Gasteiger partial charge in [-0.3, -0.25) is 0 Å². The van der Waals surface area contributed by atoms with E-state index in [0.29, 0.717) is 12.5 Å². The average molecular weight is 299 g/mol. The monoisotopic (exact) mass is 299 g/mol. The summed E-state index contributed by atoms with van der Waals surface area (Å²) in [5.41, 5.74) is -0.0257. The van der Waals surface area contributed by atoms with Crippen LogP contribution < -0.4 is 34.9 Å². The molecule has 108 valence electrons. The van der Waals surface area contributed by atoms with Gasteiger partial charge in [-0.1, -0.05) is 40.0 Å². The van der Waals surface area contributed by atoms with Crippen molar-refractivity contribution in [1.82, 2.24) is 5.32 Å². The van der Waals surface area contributed by atoms with Crippen LogP contribution in [0.3, 0.4) is 0 Å². The molecule has 0 heterocycles. The molecule has 1 fully saturated rings. The SMILES string of the molecule is CC(C)(C)C(CCS(=O)(=O)[O-])NC1CCCCC1.[Na+]. The van der Waals surface area contributed by atoms with Gasteiger partial charge in [-0.25, -0.2) is 8.42 Å². The van der Waals surface area contributed by atoms with E-state index in [-0.39, 0.29) is 46.8 Å². The molecule has 1 saturated carbocycles. The van der Waals surface area contributed by atoms with Crippen LogP contribution in [0.4, 0.5) is 0 Å². The van der Waals surface area contributed by atoms with Crippen molar-refractivity contribution in [2.24, 2.45) is 5.41 Å². The Bertz CT molecular complexity index is 345.